The molecule has 0 radical (unpaired) electrons. The number of thiocarbonyl (C=S) groups is 1. The van der Waals surface area contributed by atoms with Crippen LogP contribution >= 0.6 is 12.2 Å². The van der Waals surface area contributed by atoms with Crippen molar-refractivity contribution in [2.75, 3.05) is 7.11 Å². The first-order valence-corrected chi connectivity index (χ1v) is 4.98. The summed E-state index contributed by atoms with van der Waals surface area (Å²) in [5.74, 6) is -0.928. The average molecular weight is 269 g/mol. The first-order valence-electron chi connectivity index (χ1n) is 4.57. The normalized spacial score (nSPS) is 10.3. The second kappa shape index (κ2) is 5.77. The molecule has 0 spiro atoms. The zero-order valence-electron chi connectivity index (χ0n) is 9.25. The monoisotopic (exact) mass is 269 g/mol. The summed E-state index contributed by atoms with van der Waals surface area (Å²) >= 11 is 4.52. The van der Waals surface area contributed by atoms with Crippen molar-refractivity contribution in [2.45, 2.75) is 0 Å². The van der Waals surface area contributed by atoms with Gasteiger partial charge in [-0.15, -0.1) is 0 Å². The molecule has 3 N–H and O–H groups in total. The molecule has 0 amide bonds. The minimum absolute atomic E-state index is 0.0480. The Labute approximate surface area is 107 Å². The number of benzene rings is 1. The number of methoxy groups -OCH3 is 1. The highest BCUT2D eigenvalue weighted by atomic mass is 32.1. The van der Waals surface area contributed by atoms with Gasteiger partial charge in [-0.3, -0.25) is 15.5 Å². The number of nitro groups is 1. The Kier molecular flexibility index (Phi) is 4.38. The van der Waals surface area contributed by atoms with E-state index in [2.05, 4.69) is 22.7 Å². The van der Waals surface area contributed by atoms with Crippen LogP contribution in [0.15, 0.2) is 17.2 Å². The van der Waals surface area contributed by atoms with Crippen LogP contribution in [0.3, 0.4) is 0 Å². The molecule has 0 unspecified atom stereocenters. The summed E-state index contributed by atoms with van der Waals surface area (Å²) in [6, 6.07) is 2.40. The lowest BCUT2D eigenvalue weighted by Crippen LogP contribution is -2.24. The number of nitrogens with two attached hydrogens (primary N) is 1. The lowest BCUT2D eigenvalue weighted by molar-refractivity contribution is -0.398. The number of nitrogens with one attached hydrogen (secondary N) is 1. The summed E-state index contributed by atoms with van der Waals surface area (Å²) in [7, 11) is 1.24. The summed E-state index contributed by atoms with van der Waals surface area (Å²) in [4.78, 5) is 9.88. The molecule has 0 aromatic heterocycles. The molecule has 0 saturated heterocycles. The zero-order valence-corrected chi connectivity index (χ0v) is 10.1. The number of rotatable bonds is 4. The Hall–Kier alpha value is -2.42. The van der Waals surface area contributed by atoms with Crippen molar-refractivity contribution in [2.24, 2.45) is 10.8 Å². The van der Waals surface area contributed by atoms with E-state index in [1.807, 2.05) is 0 Å². The standard InChI is InChI=1S/C9H10N4O4S/c1-17-7-3-5(4-11-12-9(10)18)2-6(8(7)14)13(15)16/h2-4,14H,1H3,(H3,10,12,18)/p-1/b11-4-. The minimum Gasteiger partial charge on any atom is -0.865 e. The molecule has 0 aliphatic heterocycles. The molecule has 0 atom stereocenters. The molecule has 1 aromatic rings. The maximum absolute atomic E-state index is 11.5. The SMILES string of the molecule is COc1cc(/C=N\NC(N)=S)cc([N+](=O)[O-])c1[O-]. The van der Waals surface area contributed by atoms with Crippen LogP contribution in [0.4, 0.5) is 5.69 Å². The molecule has 18 heavy (non-hydrogen) atoms. The van der Waals surface area contributed by atoms with E-state index in [-0.39, 0.29) is 10.9 Å². The molecule has 0 aliphatic carbocycles. The van der Waals surface area contributed by atoms with E-state index in [1.165, 1.54) is 19.4 Å². The van der Waals surface area contributed by atoms with Gasteiger partial charge in [0.2, 0.25) is 0 Å². The highest BCUT2D eigenvalue weighted by molar-refractivity contribution is 7.80. The number of hydrogen-bond donors (Lipinski definition) is 2. The van der Waals surface area contributed by atoms with Gasteiger partial charge in [0.15, 0.2) is 5.11 Å². The van der Waals surface area contributed by atoms with E-state index >= 15 is 0 Å². The fourth-order valence-corrected chi connectivity index (χ4v) is 1.19. The number of hydrazone groups is 1. The summed E-state index contributed by atoms with van der Waals surface area (Å²) in [5, 5.41) is 25.8. The van der Waals surface area contributed by atoms with Gasteiger partial charge in [0.1, 0.15) is 5.75 Å². The molecule has 9 heteroatoms. The Bertz CT molecular complexity index is 518. The first kappa shape index (κ1) is 13.6. The number of nitrogens with zero attached hydrogens (tertiary/aromatic N) is 2. The van der Waals surface area contributed by atoms with Crippen LogP contribution in [0.25, 0.3) is 0 Å². The lowest BCUT2D eigenvalue weighted by Gasteiger charge is -2.12. The molecule has 0 fully saturated rings. The summed E-state index contributed by atoms with van der Waals surface area (Å²) < 4.78 is 4.75. The topological polar surface area (TPSA) is 126 Å². The number of hydrogen-bond acceptors (Lipinski definition) is 6. The van der Waals surface area contributed by atoms with Crippen LogP contribution in [-0.2, 0) is 0 Å². The van der Waals surface area contributed by atoms with Crippen molar-refractivity contribution in [1.82, 2.24) is 5.43 Å². The third kappa shape index (κ3) is 3.28. The van der Waals surface area contributed by atoms with Gasteiger partial charge in [-0.05, 0) is 18.3 Å². The van der Waals surface area contributed by atoms with Crippen molar-refractivity contribution in [3.05, 3.63) is 27.8 Å². The van der Waals surface area contributed by atoms with E-state index in [9.17, 15) is 15.2 Å². The van der Waals surface area contributed by atoms with E-state index in [4.69, 9.17) is 10.5 Å². The molecule has 0 saturated carbocycles. The minimum atomic E-state index is -0.790. The quantitative estimate of drug-likeness (QED) is 0.336. The lowest BCUT2D eigenvalue weighted by atomic mass is 10.2. The van der Waals surface area contributed by atoms with Gasteiger partial charge in [0.05, 0.1) is 18.2 Å². The molecule has 96 valence electrons. The van der Waals surface area contributed by atoms with Gasteiger partial charge in [-0.2, -0.15) is 5.10 Å². The molecule has 1 aromatic carbocycles. The molecular weight excluding hydrogens is 260 g/mol. The Balaban J connectivity index is 3.13. The average Bonchev–Trinajstić information content (AvgIpc) is 2.30. The molecule has 0 heterocycles. The van der Waals surface area contributed by atoms with Crippen LogP contribution < -0.4 is 21.0 Å². The van der Waals surface area contributed by atoms with E-state index < -0.39 is 16.4 Å². The van der Waals surface area contributed by atoms with Crippen molar-refractivity contribution in [3.63, 3.8) is 0 Å². The molecule has 8 nitrogen and oxygen atoms in total. The van der Waals surface area contributed by atoms with E-state index in [0.29, 0.717) is 5.56 Å². The second-order valence-corrected chi connectivity index (χ2v) is 3.50. The van der Waals surface area contributed by atoms with Gasteiger partial charge < -0.3 is 15.6 Å². The first-order chi connectivity index (χ1) is 8.45. The van der Waals surface area contributed by atoms with Crippen LogP contribution in [0.2, 0.25) is 0 Å². The molecule has 0 aliphatic rings. The molecule has 1 rings (SSSR count). The maximum Gasteiger partial charge on any atom is 0.266 e. The van der Waals surface area contributed by atoms with Gasteiger partial charge in [-0.1, -0.05) is 0 Å². The molecular formula is C9H9N4O4S-. The third-order valence-corrected chi connectivity index (χ3v) is 1.95. The highest BCUT2D eigenvalue weighted by Gasteiger charge is 2.12. The van der Waals surface area contributed by atoms with Crippen molar-refractivity contribution >= 4 is 29.2 Å². The van der Waals surface area contributed by atoms with Crippen LogP contribution in [0.5, 0.6) is 11.5 Å². The van der Waals surface area contributed by atoms with Gasteiger partial charge in [0.25, 0.3) is 5.69 Å². The van der Waals surface area contributed by atoms with E-state index in [0.717, 1.165) is 6.07 Å². The Morgan fingerprint density at radius 2 is 2.33 bits per heavy atom. The van der Waals surface area contributed by atoms with Gasteiger partial charge >= 0.3 is 0 Å². The summed E-state index contributed by atoms with van der Waals surface area (Å²) in [6.45, 7) is 0. The number of ether oxygens (including phenoxy) is 1. The van der Waals surface area contributed by atoms with Crippen molar-refractivity contribution in [1.29, 1.82) is 0 Å². The van der Waals surface area contributed by atoms with Crippen LogP contribution in [0, 0.1) is 10.1 Å². The fourth-order valence-electron chi connectivity index (χ4n) is 1.14. The largest absolute Gasteiger partial charge is 0.865 e. The van der Waals surface area contributed by atoms with Gasteiger partial charge in [-0.25, -0.2) is 0 Å². The maximum atomic E-state index is 11.5. The number of nitro benzene ring substituents is 1. The zero-order chi connectivity index (χ0) is 13.7. The van der Waals surface area contributed by atoms with Crippen LogP contribution in [-0.4, -0.2) is 23.4 Å². The Morgan fingerprint density at radius 1 is 1.67 bits per heavy atom. The van der Waals surface area contributed by atoms with Crippen LogP contribution in [0.1, 0.15) is 5.56 Å². The van der Waals surface area contributed by atoms with Crippen molar-refractivity contribution < 1.29 is 14.8 Å². The fraction of sp³-hybridized carbons (Fsp3) is 0.111. The summed E-state index contributed by atoms with van der Waals surface area (Å²) in [5.41, 5.74) is 7.14. The predicted octanol–water partition coefficient (Wildman–Crippen LogP) is -0.156. The smallest absolute Gasteiger partial charge is 0.266 e. The highest BCUT2D eigenvalue weighted by Crippen LogP contribution is 2.33. The van der Waals surface area contributed by atoms with Crippen molar-refractivity contribution in [3.8, 4) is 11.5 Å². The summed E-state index contributed by atoms with van der Waals surface area (Å²) in [6.07, 6.45) is 1.23. The second-order valence-electron chi connectivity index (χ2n) is 3.06. The predicted molar refractivity (Wildman–Crippen MR) is 66.6 cm³/mol. The third-order valence-electron chi connectivity index (χ3n) is 1.86. The Morgan fingerprint density at radius 3 is 2.83 bits per heavy atom. The van der Waals surface area contributed by atoms with E-state index in [1.54, 1.807) is 0 Å². The molecule has 0 bridgehead atoms. The van der Waals surface area contributed by atoms with Gasteiger partial charge in [0, 0.05) is 17.4 Å².